The van der Waals surface area contributed by atoms with Gasteiger partial charge in [0, 0.05) is 99.0 Å². The summed E-state index contributed by atoms with van der Waals surface area (Å²) in [6, 6.07) is 0. The molecule has 0 saturated carbocycles. The first kappa shape index (κ1) is 26.6. The van der Waals surface area contributed by atoms with Gasteiger partial charge in [0.1, 0.15) is 0 Å². The number of rotatable bonds is 0. The quantitative estimate of drug-likeness (QED) is 0.519. The fourth-order valence-corrected chi connectivity index (χ4v) is 0. The second-order valence-corrected chi connectivity index (χ2v) is 0. The minimum atomic E-state index is 0. The fourth-order valence-electron chi connectivity index (χ4n) is 0. The monoisotopic (exact) mass is 376 g/mol. The zero-order valence-corrected chi connectivity index (χ0v) is 10.7. The Morgan fingerprint density at radius 2 is 0.500 bits per heavy atom. The van der Waals surface area contributed by atoms with Gasteiger partial charge >= 0.3 is 0 Å². The van der Waals surface area contributed by atoms with Gasteiger partial charge in [-0.15, -0.1) is 0 Å². The molecule has 0 atom stereocenters. The van der Waals surface area contributed by atoms with Gasteiger partial charge in [-0.3, -0.25) is 0 Å². The van der Waals surface area contributed by atoms with E-state index in [0.717, 1.165) is 0 Å². The van der Waals surface area contributed by atoms with Crippen molar-refractivity contribution in [2.75, 3.05) is 0 Å². The van der Waals surface area contributed by atoms with Gasteiger partial charge in [0.05, 0.1) is 0 Å². The first-order valence-corrected chi connectivity index (χ1v) is 0. The minimum Gasteiger partial charge on any atom is 0 e. The van der Waals surface area contributed by atoms with Crippen LogP contribution in [0.25, 0.3) is 0 Å². The first-order chi connectivity index (χ1) is 0. The smallest absolute Gasteiger partial charge is 0 e. The van der Waals surface area contributed by atoms with Gasteiger partial charge < -0.3 is 0 Å². The largest absolute Gasteiger partial charge is 0 e. The maximum absolute atomic E-state index is 0. The molecule has 0 rings (SSSR count). The SMILES string of the molecule is [Pd].[Zr].[Zr].[Zr]. The van der Waals surface area contributed by atoms with Crippen molar-refractivity contribution >= 4 is 0 Å². The van der Waals surface area contributed by atoms with E-state index in [1.807, 2.05) is 0 Å². The standard InChI is InChI=1S/Pd.3Zr. The third-order valence-electron chi connectivity index (χ3n) is 0. The summed E-state index contributed by atoms with van der Waals surface area (Å²) in [5.74, 6) is 0. The second kappa shape index (κ2) is 16.2. The van der Waals surface area contributed by atoms with Crippen LogP contribution in [-0.2, 0) is 99.0 Å². The Morgan fingerprint density at radius 3 is 0.500 bits per heavy atom. The van der Waals surface area contributed by atoms with Crippen LogP contribution < -0.4 is 0 Å². The van der Waals surface area contributed by atoms with E-state index in [1.54, 1.807) is 0 Å². The van der Waals surface area contributed by atoms with Gasteiger partial charge in [-0.2, -0.15) is 0 Å². The third kappa shape index (κ3) is 9.00. The van der Waals surface area contributed by atoms with Crippen LogP contribution in [0.5, 0.6) is 0 Å². The molecule has 0 aliphatic rings. The van der Waals surface area contributed by atoms with Crippen molar-refractivity contribution in [2.24, 2.45) is 0 Å². The Labute approximate surface area is 96.9 Å². The Morgan fingerprint density at radius 1 is 0.500 bits per heavy atom. The summed E-state index contributed by atoms with van der Waals surface area (Å²) in [7, 11) is 0. The summed E-state index contributed by atoms with van der Waals surface area (Å²) in [6.45, 7) is 0. The molecule has 0 spiro atoms. The molecule has 0 nitrogen and oxygen atoms in total. The zero-order chi connectivity index (χ0) is 0. The molecule has 0 aliphatic carbocycles. The molecule has 0 aromatic heterocycles. The van der Waals surface area contributed by atoms with Crippen molar-refractivity contribution in [1.29, 1.82) is 0 Å². The molecule has 0 heterocycles. The summed E-state index contributed by atoms with van der Waals surface area (Å²) >= 11 is 0. The van der Waals surface area contributed by atoms with Crippen LogP contribution >= 0.6 is 0 Å². The molecular weight excluding hydrogens is 380 g/mol. The minimum absolute atomic E-state index is 0. The van der Waals surface area contributed by atoms with Crippen molar-refractivity contribution in [3.8, 4) is 0 Å². The Hall–Kier alpha value is 3.31. The topological polar surface area (TPSA) is 0 Å². The summed E-state index contributed by atoms with van der Waals surface area (Å²) in [4.78, 5) is 0. The van der Waals surface area contributed by atoms with Crippen LogP contribution in [0.3, 0.4) is 0 Å². The second-order valence-electron chi connectivity index (χ2n) is 0. The molecule has 0 aromatic carbocycles. The molecule has 22 valence electrons. The van der Waals surface area contributed by atoms with Crippen LogP contribution in [-0.4, -0.2) is 0 Å². The van der Waals surface area contributed by atoms with E-state index in [2.05, 4.69) is 0 Å². The molecule has 0 amide bonds. The maximum atomic E-state index is 0. The predicted octanol–water partition coefficient (Wildman–Crippen LogP) is -0.0100. The molecule has 0 aliphatic heterocycles. The predicted molar refractivity (Wildman–Crippen MR) is 0 cm³/mol. The molecule has 0 aromatic rings. The molecule has 0 bridgehead atoms. The summed E-state index contributed by atoms with van der Waals surface area (Å²) < 4.78 is 0. The zero-order valence-electron chi connectivity index (χ0n) is 1.82. The summed E-state index contributed by atoms with van der Waals surface area (Å²) in [6.07, 6.45) is 0. The average molecular weight is 380 g/mol. The maximum Gasteiger partial charge on any atom is 0 e. The first-order valence-electron chi connectivity index (χ1n) is 0. The molecule has 0 fully saturated rings. The molecular formula is PdZr3. The van der Waals surface area contributed by atoms with Crippen LogP contribution in [0.1, 0.15) is 0 Å². The van der Waals surface area contributed by atoms with Gasteiger partial charge in [0.25, 0.3) is 0 Å². The van der Waals surface area contributed by atoms with Crippen molar-refractivity contribution in [3.63, 3.8) is 0 Å². The van der Waals surface area contributed by atoms with E-state index in [0.29, 0.717) is 0 Å². The normalized spacial score (nSPS) is 0. The third-order valence-corrected chi connectivity index (χ3v) is 0. The average Bonchev–Trinajstić information content (AvgIpc) is 0. The summed E-state index contributed by atoms with van der Waals surface area (Å²) in [5, 5.41) is 0. The van der Waals surface area contributed by atoms with Gasteiger partial charge in [0.2, 0.25) is 0 Å². The number of hydrogen-bond acceptors (Lipinski definition) is 0. The fraction of sp³-hybridized carbons (Fsp3) is 0. The Bertz CT molecular complexity index is 3.25. The molecule has 0 radical (unpaired) electrons. The van der Waals surface area contributed by atoms with Gasteiger partial charge in [-0.05, 0) is 0 Å². The van der Waals surface area contributed by atoms with Crippen molar-refractivity contribution in [2.45, 2.75) is 0 Å². The Kier molecular flexibility index (Phi) is 108. The van der Waals surface area contributed by atoms with Crippen molar-refractivity contribution in [3.05, 3.63) is 0 Å². The van der Waals surface area contributed by atoms with Crippen molar-refractivity contribution < 1.29 is 99.0 Å². The summed E-state index contributed by atoms with van der Waals surface area (Å²) in [5.41, 5.74) is 0. The van der Waals surface area contributed by atoms with E-state index in [4.69, 9.17) is 0 Å². The van der Waals surface area contributed by atoms with Crippen LogP contribution in [0, 0.1) is 0 Å². The van der Waals surface area contributed by atoms with E-state index in [1.165, 1.54) is 0 Å². The van der Waals surface area contributed by atoms with Crippen LogP contribution in [0.15, 0.2) is 0 Å². The van der Waals surface area contributed by atoms with E-state index in [9.17, 15) is 0 Å². The molecule has 4 heavy (non-hydrogen) atoms. The molecule has 0 unspecified atom stereocenters. The van der Waals surface area contributed by atoms with E-state index < -0.39 is 0 Å². The van der Waals surface area contributed by atoms with Crippen molar-refractivity contribution in [1.82, 2.24) is 0 Å². The van der Waals surface area contributed by atoms with Gasteiger partial charge in [-0.1, -0.05) is 0 Å². The molecule has 0 N–H and O–H groups in total. The molecule has 4 heteroatoms. The number of hydrogen-bond donors (Lipinski definition) is 0. The van der Waals surface area contributed by atoms with Gasteiger partial charge in [0.15, 0.2) is 0 Å². The van der Waals surface area contributed by atoms with Crippen LogP contribution in [0.4, 0.5) is 0 Å². The molecule has 0 saturated heterocycles. The van der Waals surface area contributed by atoms with E-state index in [-0.39, 0.29) is 99.0 Å². The Balaban J connectivity index is 0. The van der Waals surface area contributed by atoms with E-state index >= 15 is 0 Å². The van der Waals surface area contributed by atoms with Crippen LogP contribution in [0.2, 0.25) is 0 Å². The van der Waals surface area contributed by atoms with Gasteiger partial charge in [-0.25, -0.2) is 0 Å².